The van der Waals surface area contributed by atoms with Gasteiger partial charge in [0.05, 0.1) is 11.9 Å². The summed E-state index contributed by atoms with van der Waals surface area (Å²) in [5.74, 6) is 0. The highest BCUT2D eigenvalue weighted by Crippen LogP contribution is 2.04. The zero-order chi connectivity index (χ0) is 13.2. The average Bonchev–Trinajstić information content (AvgIpc) is 2.38. The number of hydrogen-bond acceptors (Lipinski definition) is 3. The Morgan fingerprint density at radius 3 is 2.61 bits per heavy atom. The summed E-state index contributed by atoms with van der Waals surface area (Å²) < 4.78 is 1.56. The topological polar surface area (TPSA) is 46.9 Å². The third-order valence-electron chi connectivity index (χ3n) is 2.92. The van der Waals surface area contributed by atoms with Crippen LogP contribution in [0.25, 0.3) is 0 Å². The van der Waals surface area contributed by atoms with Crippen molar-refractivity contribution in [3.05, 3.63) is 22.6 Å². The van der Waals surface area contributed by atoms with Gasteiger partial charge >= 0.3 is 0 Å². The summed E-state index contributed by atoms with van der Waals surface area (Å²) >= 11 is 0. The molecule has 0 spiro atoms. The van der Waals surface area contributed by atoms with Gasteiger partial charge in [-0.2, -0.15) is 5.10 Å². The Bertz CT molecular complexity index is 387. The minimum absolute atomic E-state index is 0.00778. The maximum absolute atomic E-state index is 11.8. The predicted molar refractivity (Wildman–Crippen MR) is 76.0 cm³/mol. The first kappa shape index (κ1) is 14.7. The summed E-state index contributed by atoms with van der Waals surface area (Å²) in [7, 11) is 0. The Labute approximate surface area is 109 Å². The molecule has 0 aliphatic rings. The van der Waals surface area contributed by atoms with E-state index in [0.717, 1.165) is 31.6 Å². The van der Waals surface area contributed by atoms with Crippen molar-refractivity contribution >= 4 is 5.69 Å². The van der Waals surface area contributed by atoms with E-state index in [-0.39, 0.29) is 5.56 Å². The van der Waals surface area contributed by atoms with Crippen LogP contribution in [-0.4, -0.2) is 16.3 Å². The van der Waals surface area contributed by atoms with E-state index in [0.29, 0.717) is 0 Å². The third-order valence-corrected chi connectivity index (χ3v) is 2.92. The quantitative estimate of drug-likeness (QED) is 0.686. The molecule has 0 aromatic carbocycles. The molecule has 18 heavy (non-hydrogen) atoms. The number of rotatable bonds is 9. The van der Waals surface area contributed by atoms with Gasteiger partial charge in [-0.05, 0) is 12.8 Å². The van der Waals surface area contributed by atoms with E-state index in [1.165, 1.54) is 25.7 Å². The summed E-state index contributed by atoms with van der Waals surface area (Å²) in [6.45, 7) is 5.91. The van der Waals surface area contributed by atoms with Gasteiger partial charge in [-0.3, -0.25) is 4.79 Å². The SMILES string of the molecule is CCCCCCCn1ncc(NCCC)cc1=O. The molecule has 0 aliphatic carbocycles. The first-order valence-electron chi connectivity index (χ1n) is 7.09. The second kappa shape index (κ2) is 8.72. The highest BCUT2D eigenvalue weighted by molar-refractivity contribution is 5.38. The Hall–Kier alpha value is -1.32. The first-order chi connectivity index (χ1) is 8.77. The van der Waals surface area contributed by atoms with Crippen LogP contribution in [0.4, 0.5) is 5.69 Å². The van der Waals surface area contributed by atoms with Crippen LogP contribution in [0.5, 0.6) is 0 Å². The number of aromatic nitrogens is 2. The van der Waals surface area contributed by atoms with Crippen LogP contribution in [0, 0.1) is 0 Å². The van der Waals surface area contributed by atoms with E-state index in [1.807, 2.05) is 0 Å². The van der Waals surface area contributed by atoms with E-state index in [4.69, 9.17) is 0 Å². The van der Waals surface area contributed by atoms with Crippen molar-refractivity contribution in [2.75, 3.05) is 11.9 Å². The van der Waals surface area contributed by atoms with Gasteiger partial charge in [0.2, 0.25) is 0 Å². The van der Waals surface area contributed by atoms with Crippen molar-refractivity contribution in [2.45, 2.75) is 58.9 Å². The smallest absolute Gasteiger partial charge is 0.268 e. The summed E-state index contributed by atoms with van der Waals surface area (Å²) in [5.41, 5.74) is 0.815. The van der Waals surface area contributed by atoms with Crippen LogP contribution in [-0.2, 0) is 6.54 Å². The Morgan fingerprint density at radius 2 is 1.94 bits per heavy atom. The van der Waals surface area contributed by atoms with Gasteiger partial charge in [-0.1, -0.05) is 39.5 Å². The van der Waals surface area contributed by atoms with E-state index >= 15 is 0 Å². The maximum atomic E-state index is 11.8. The van der Waals surface area contributed by atoms with Crippen LogP contribution in [0.2, 0.25) is 0 Å². The molecule has 102 valence electrons. The second-order valence-corrected chi connectivity index (χ2v) is 4.65. The molecule has 0 amide bonds. The molecular weight excluding hydrogens is 226 g/mol. The van der Waals surface area contributed by atoms with Gasteiger partial charge in [0, 0.05) is 19.2 Å². The van der Waals surface area contributed by atoms with Crippen LogP contribution < -0.4 is 10.9 Å². The molecule has 1 N–H and O–H groups in total. The van der Waals surface area contributed by atoms with Crippen molar-refractivity contribution < 1.29 is 0 Å². The lowest BCUT2D eigenvalue weighted by Crippen LogP contribution is -2.22. The molecule has 1 rings (SSSR count). The van der Waals surface area contributed by atoms with Crippen molar-refractivity contribution in [1.82, 2.24) is 9.78 Å². The molecule has 4 nitrogen and oxygen atoms in total. The van der Waals surface area contributed by atoms with E-state index in [2.05, 4.69) is 24.3 Å². The molecule has 1 heterocycles. The van der Waals surface area contributed by atoms with Gasteiger partial charge in [0.1, 0.15) is 0 Å². The highest BCUT2D eigenvalue weighted by Gasteiger charge is 1.99. The Balaban J connectivity index is 2.40. The molecule has 0 radical (unpaired) electrons. The molecule has 4 heteroatoms. The normalized spacial score (nSPS) is 10.6. The lowest BCUT2D eigenvalue weighted by molar-refractivity contribution is 0.513. The minimum atomic E-state index is -0.00778. The molecule has 0 bridgehead atoms. The van der Waals surface area contributed by atoms with Gasteiger partial charge in [-0.25, -0.2) is 4.68 Å². The number of nitrogens with one attached hydrogen (secondary N) is 1. The minimum Gasteiger partial charge on any atom is -0.384 e. The molecule has 0 saturated carbocycles. The van der Waals surface area contributed by atoms with Gasteiger partial charge in [0.25, 0.3) is 5.56 Å². The summed E-state index contributed by atoms with van der Waals surface area (Å²) in [6, 6.07) is 1.63. The van der Waals surface area contributed by atoms with Crippen molar-refractivity contribution in [3.8, 4) is 0 Å². The van der Waals surface area contributed by atoms with Crippen molar-refractivity contribution in [1.29, 1.82) is 0 Å². The summed E-state index contributed by atoms with van der Waals surface area (Å²) in [5, 5.41) is 7.36. The Morgan fingerprint density at radius 1 is 1.17 bits per heavy atom. The number of hydrogen-bond donors (Lipinski definition) is 1. The monoisotopic (exact) mass is 251 g/mol. The van der Waals surface area contributed by atoms with Crippen LogP contribution in [0.3, 0.4) is 0 Å². The zero-order valence-corrected chi connectivity index (χ0v) is 11.6. The molecule has 0 atom stereocenters. The first-order valence-corrected chi connectivity index (χ1v) is 7.09. The summed E-state index contributed by atoms with van der Waals surface area (Å²) in [6.07, 6.45) is 8.77. The van der Waals surface area contributed by atoms with E-state index in [9.17, 15) is 4.79 Å². The molecule has 1 aromatic rings. The number of unbranched alkanes of at least 4 members (excludes halogenated alkanes) is 4. The van der Waals surface area contributed by atoms with Crippen LogP contribution in [0.15, 0.2) is 17.1 Å². The van der Waals surface area contributed by atoms with Gasteiger partial charge in [-0.15, -0.1) is 0 Å². The molecule has 1 aromatic heterocycles. The standard InChI is InChI=1S/C14H25N3O/c1-3-5-6-7-8-10-17-14(18)11-13(12-16-17)15-9-4-2/h11-12,15H,3-10H2,1-2H3. The predicted octanol–water partition coefficient (Wildman–Crippen LogP) is 3.04. The van der Waals surface area contributed by atoms with E-state index in [1.54, 1.807) is 16.9 Å². The second-order valence-electron chi connectivity index (χ2n) is 4.65. The van der Waals surface area contributed by atoms with Crippen LogP contribution >= 0.6 is 0 Å². The average molecular weight is 251 g/mol. The fourth-order valence-electron chi connectivity index (χ4n) is 1.83. The molecule has 0 saturated heterocycles. The highest BCUT2D eigenvalue weighted by atomic mass is 16.1. The summed E-state index contributed by atoms with van der Waals surface area (Å²) in [4.78, 5) is 11.8. The lowest BCUT2D eigenvalue weighted by Gasteiger charge is -2.07. The van der Waals surface area contributed by atoms with Crippen LogP contribution in [0.1, 0.15) is 52.4 Å². The Kier molecular flexibility index (Phi) is 7.14. The van der Waals surface area contributed by atoms with Crippen molar-refractivity contribution in [2.24, 2.45) is 0 Å². The zero-order valence-electron chi connectivity index (χ0n) is 11.6. The molecule has 0 aliphatic heterocycles. The number of aryl methyl sites for hydroxylation is 1. The third kappa shape index (κ3) is 5.34. The van der Waals surface area contributed by atoms with E-state index < -0.39 is 0 Å². The largest absolute Gasteiger partial charge is 0.384 e. The molecule has 0 unspecified atom stereocenters. The van der Waals surface area contributed by atoms with Gasteiger partial charge in [0.15, 0.2) is 0 Å². The van der Waals surface area contributed by atoms with Gasteiger partial charge < -0.3 is 5.32 Å². The fraction of sp³-hybridized carbons (Fsp3) is 0.714. The molecule has 0 fully saturated rings. The maximum Gasteiger partial charge on any atom is 0.268 e. The number of nitrogens with zero attached hydrogens (tertiary/aromatic N) is 2. The fourth-order valence-corrected chi connectivity index (χ4v) is 1.83. The van der Waals surface area contributed by atoms with Crippen molar-refractivity contribution in [3.63, 3.8) is 0 Å². The lowest BCUT2D eigenvalue weighted by atomic mass is 10.1. The number of anilines is 1. The molecular formula is C14H25N3O.